The minimum atomic E-state index is 0. The molecule has 1 rings (SSSR count). The van der Waals surface area contributed by atoms with E-state index in [2.05, 4.69) is 4.98 Å². The maximum Gasteiger partial charge on any atom is 0.0794 e. The Morgan fingerprint density at radius 3 is 2.57 bits per heavy atom. The molecule has 0 N–H and O–H groups in total. The van der Waals surface area contributed by atoms with Crippen LogP contribution in [0.1, 0.15) is 4.88 Å². The minimum Gasteiger partial charge on any atom is -0.253 e. The van der Waals surface area contributed by atoms with Gasteiger partial charge in [-0.3, -0.25) is 4.98 Å². The molecule has 7 heavy (non-hydrogen) atoms. The summed E-state index contributed by atoms with van der Waals surface area (Å²) < 4.78 is 0. The van der Waals surface area contributed by atoms with E-state index in [1.54, 1.807) is 11.3 Å². The summed E-state index contributed by atoms with van der Waals surface area (Å²) in [5, 5.41) is 0. The zero-order valence-corrected chi connectivity index (χ0v) is 7.06. The Kier molecular flexibility index (Phi) is 3.43. The Bertz CT molecular complexity index is 115. The number of thiazole rings is 1. The van der Waals surface area contributed by atoms with Crippen LogP contribution in [0.3, 0.4) is 0 Å². The molecule has 0 atom stereocenters. The molecule has 0 saturated carbocycles. The van der Waals surface area contributed by atoms with E-state index in [0.29, 0.717) is 0 Å². The van der Waals surface area contributed by atoms with Gasteiger partial charge in [-0.05, 0) is 6.92 Å². The fourth-order valence-corrected chi connectivity index (χ4v) is 0.689. The van der Waals surface area contributed by atoms with Crippen molar-refractivity contribution in [3.8, 4) is 0 Å². The van der Waals surface area contributed by atoms with E-state index in [1.807, 2.05) is 18.6 Å². The van der Waals surface area contributed by atoms with Crippen LogP contribution >= 0.6 is 11.3 Å². The fourth-order valence-electron chi connectivity index (χ4n) is 0.279. The molecule has 0 aromatic carbocycles. The molecule has 1 aromatic heterocycles. The number of aryl methyl sites for hydroxylation is 1. The van der Waals surface area contributed by atoms with E-state index in [-0.39, 0.29) is 20.1 Å². The summed E-state index contributed by atoms with van der Waals surface area (Å²) in [6, 6.07) is 0. The van der Waals surface area contributed by atoms with E-state index in [1.165, 1.54) is 4.88 Å². The maximum absolute atomic E-state index is 3.84. The molecule has 41 valence electrons. The van der Waals surface area contributed by atoms with E-state index >= 15 is 0 Å². The fraction of sp³-hybridized carbons (Fsp3) is 0.250. The van der Waals surface area contributed by atoms with Gasteiger partial charge in [0.25, 0.3) is 0 Å². The molecule has 0 amide bonds. The van der Waals surface area contributed by atoms with Gasteiger partial charge in [-0.2, -0.15) is 0 Å². The van der Waals surface area contributed by atoms with Crippen molar-refractivity contribution in [1.82, 2.24) is 4.98 Å². The van der Waals surface area contributed by atoms with Crippen LogP contribution in [0.15, 0.2) is 11.7 Å². The molecule has 1 aromatic rings. The molecule has 0 aliphatic rings. The second-order valence-corrected chi connectivity index (χ2v) is 2.20. The van der Waals surface area contributed by atoms with Gasteiger partial charge >= 0.3 is 0 Å². The van der Waals surface area contributed by atoms with Crippen LogP contribution in [0.2, 0.25) is 0 Å². The van der Waals surface area contributed by atoms with Crippen molar-refractivity contribution in [2.45, 2.75) is 6.92 Å². The maximum atomic E-state index is 3.84. The molecule has 0 aliphatic carbocycles. The van der Waals surface area contributed by atoms with Gasteiger partial charge in [0.1, 0.15) is 0 Å². The first-order valence-corrected chi connectivity index (χ1v) is 2.62. The first-order chi connectivity index (χ1) is 2.89. The number of rotatable bonds is 0. The van der Waals surface area contributed by atoms with Crippen LogP contribution in [-0.2, 0) is 20.1 Å². The van der Waals surface area contributed by atoms with E-state index in [0.717, 1.165) is 0 Å². The summed E-state index contributed by atoms with van der Waals surface area (Å²) in [7, 11) is 0. The smallest absolute Gasteiger partial charge is 0.0794 e. The SMILES string of the molecule is Cc1cncs1.[Ir]. The minimum absolute atomic E-state index is 0. The summed E-state index contributed by atoms with van der Waals surface area (Å²) in [5.41, 5.74) is 1.83. The van der Waals surface area contributed by atoms with Crippen LogP contribution in [0.4, 0.5) is 0 Å². The van der Waals surface area contributed by atoms with Crippen LogP contribution in [0, 0.1) is 6.92 Å². The van der Waals surface area contributed by atoms with Crippen molar-refractivity contribution in [2.75, 3.05) is 0 Å². The van der Waals surface area contributed by atoms with Gasteiger partial charge in [0.15, 0.2) is 0 Å². The summed E-state index contributed by atoms with van der Waals surface area (Å²) in [5.74, 6) is 0. The zero-order chi connectivity index (χ0) is 4.41. The molecule has 0 aliphatic heterocycles. The predicted molar refractivity (Wildman–Crippen MR) is 26.9 cm³/mol. The molecule has 0 saturated heterocycles. The Balaban J connectivity index is 0.000000360. The van der Waals surface area contributed by atoms with Crippen molar-refractivity contribution in [2.24, 2.45) is 0 Å². The number of aromatic nitrogens is 1. The molecular formula is C4H5IrNS. The van der Waals surface area contributed by atoms with Gasteiger partial charge < -0.3 is 0 Å². The molecule has 1 heterocycles. The van der Waals surface area contributed by atoms with Crippen LogP contribution in [0.25, 0.3) is 0 Å². The third-order valence-electron chi connectivity index (χ3n) is 0.556. The number of hydrogen-bond donors (Lipinski definition) is 0. The summed E-state index contributed by atoms with van der Waals surface area (Å²) in [4.78, 5) is 5.11. The monoisotopic (exact) mass is 292 g/mol. The molecule has 3 heteroatoms. The van der Waals surface area contributed by atoms with Crippen molar-refractivity contribution in [3.63, 3.8) is 0 Å². The molecule has 0 fully saturated rings. The van der Waals surface area contributed by atoms with Gasteiger partial charge in [-0.25, -0.2) is 0 Å². The van der Waals surface area contributed by atoms with Gasteiger partial charge in [-0.1, -0.05) is 0 Å². The summed E-state index contributed by atoms with van der Waals surface area (Å²) >= 11 is 1.67. The van der Waals surface area contributed by atoms with Crippen molar-refractivity contribution in [1.29, 1.82) is 0 Å². The Morgan fingerprint density at radius 2 is 2.43 bits per heavy atom. The quantitative estimate of drug-likeness (QED) is 0.705. The van der Waals surface area contributed by atoms with E-state index in [4.69, 9.17) is 0 Å². The van der Waals surface area contributed by atoms with Gasteiger partial charge in [0.2, 0.25) is 0 Å². The molecule has 0 bridgehead atoms. The second-order valence-electron chi connectivity index (χ2n) is 1.11. The average molecular weight is 291 g/mol. The van der Waals surface area contributed by atoms with Gasteiger partial charge in [0, 0.05) is 31.2 Å². The van der Waals surface area contributed by atoms with Gasteiger partial charge in [-0.15, -0.1) is 11.3 Å². The van der Waals surface area contributed by atoms with Crippen LogP contribution in [-0.4, -0.2) is 4.98 Å². The first-order valence-electron chi connectivity index (χ1n) is 1.74. The van der Waals surface area contributed by atoms with Gasteiger partial charge in [0.05, 0.1) is 5.51 Å². The molecule has 0 unspecified atom stereocenters. The molecular weight excluding hydrogens is 286 g/mol. The second kappa shape index (κ2) is 3.30. The molecule has 1 nitrogen and oxygen atoms in total. The van der Waals surface area contributed by atoms with Crippen molar-refractivity contribution in [3.05, 3.63) is 16.6 Å². The average Bonchev–Trinajstić information content (AvgIpc) is 1.86. The largest absolute Gasteiger partial charge is 0.253 e. The van der Waals surface area contributed by atoms with E-state index < -0.39 is 0 Å². The van der Waals surface area contributed by atoms with Crippen molar-refractivity contribution < 1.29 is 20.1 Å². The summed E-state index contributed by atoms with van der Waals surface area (Å²) in [6.45, 7) is 2.04. The van der Waals surface area contributed by atoms with Crippen LogP contribution in [0.5, 0.6) is 0 Å². The Labute approximate surface area is 60.1 Å². The normalized spacial score (nSPS) is 7.57. The first kappa shape index (κ1) is 7.28. The summed E-state index contributed by atoms with van der Waals surface area (Å²) in [6.07, 6.45) is 1.85. The number of hydrogen-bond acceptors (Lipinski definition) is 2. The zero-order valence-electron chi connectivity index (χ0n) is 3.84. The Morgan fingerprint density at radius 1 is 1.71 bits per heavy atom. The van der Waals surface area contributed by atoms with Crippen molar-refractivity contribution >= 4 is 11.3 Å². The molecule has 0 spiro atoms. The van der Waals surface area contributed by atoms with Crippen LogP contribution < -0.4 is 0 Å². The number of nitrogens with zero attached hydrogens (tertiary/aromatic N) is 1. The predicted octanol–water partition coefficient (Wildman–Crippen LogP) is 1.45. The third kappa shape index (κ3) is 2.17. The standard InChI is InChI=1S/C4H5NS.Ir/c1-4-2-5-3-6-4;/h2-3H,1H3;. The topological polar surface area (TPSA) is 12.9 Å². The third-order valence-corrected chi connectivity index (χ3v) is 1.26. The Hall–Kier alpha value is 0.279. The molecule has 1 radical (unpaired) electrons. The van der Waals surface area contributed by atoms with E-state index in [9.17, 15) is 0 Å².